The van der Waals surface area contributed by atoms with Crippen molar-refractivity contribution in [3.63, 3.8) is 0 Å². The number of aliphatic carboxylic acids is 1. The van der Waals surface area contributed by atoms with Crippen LogP contribution in [0.3, 0.4) is 0 Å². The van der Waals surface area contributed by atoms with Gasteiger partial charge in [0.05, 0.1) is 11.7 Å². The number of aryl methyl sites for hydroxylation is 2. The molecule has 4 heteroatoms. The van der Waals surface area contributed by atoms with Gasteiger partial charge in [-0.2, -0.15) is 5.10 Å². The van der Waals surface area contributed by atoms with Gasteiger partial charge in [-0.3, -0.25) is 9.48 Å². The molecule has 0 amide bonds. The Kier molecular flexibility index (Phi) is 2.41. The van der Waals surface area contributed by atoms with E-state index in [4.69, 9.17) is 5.11 Å². The first kappa shape index (κ1) is 9.71. The van der Waals surface area contributed by atoms with Crippen LogP contribution >= 0.6 is 0 Å². The number of carboxylic acid groups (broad SMARTS) is 1. The molecule has 1 N–H and O–H groups in total. The summed E-state index contributed by atoms with van der Waals surface area (Å²) >= 11 is 0. The van der Waals surface area contributed by atoms with Crippen molar-refractivity contribution in [2.45, 2.75) is 12.8 Å². The van der Waals surface area contributed by atoms with E-state index in [0.717, 1.165) is 16.5 Å². The van der Waals surface area contributed by atoms with Gasteiger partial charge in [-0.1, -0.05) is 6.07 Å². The van der Waals surface area contributed by atoms with Crippen molar-refractivity contribution in [2.75, 3.05) is 0 Å². The SMILES string of the molecule is Cn1ncc2cc(CCC(=O)O)ccc21. The van der Waals surface area contributed by atoms with Gasteiger partial charge in [0.25, 0.3) is 0 Å². The van der Waals surface area contributed by atoms with Crippen LogP contribution in [-0.4, -0.2) is 20.9 Å². The first-order valence-electron chi connectivity index (χ1n) is 4.79. The average Bonchev–Trinajstić information content (AvgIpc) is 2.57. The number of aromatic nitrogens is 2. The van der Waals surface area contributed by atoms with E-state index in [9.17, 15) is 4.79 Å². The Bertz CT molecular complexity index is 502. The summed E-state index contributed by atoms with van der Waals surface area (Å²) in [6.07, 6.45) is 2.53. The maximum Gasteiger partial charge on any atom is 0.303 e. The first-order chi connectivity index (χ1) is 7.16. The summed E-state index contributed by atoms with van der Waals surface area (Å²) in [5.74, 6) is -0.763. The highest BCUT2D eigenvalue weighted by Crippen LogP contribution is 2.15. The maximum atomic E-state index is 10.4. The Balaban J connectivity index is 2.27. The van der Waals surface area contributed by atoms with E-state index < -0.39 is 5.97 Å². The number of carboxylic acids is 1. The third-order valence-electron chi connectivity index (χ3n) is 2.44. The van der Waals surface area contributed by atoms with Crippen molar-refractivity contribution in [3.8, 4) is 0 Å². The third-order valence-corrected chi connectivity index (χ3v) is 2.44. The second-order valence-corrected chi connectivity index (χ2v) is 3.56. The van der Waals surface area contributed by atoms with Crippen LogP contribution in [0.15, 0.2) is 24.4 Å². The number of carbonyl (C=O) groups is 1. The van der Waals surface area contributed by atoms with Crippen LogP contribution in [0, 0.1) is 0 Å². The van der Waals surface area contributed by atoms with Crippen LogP contribution in [-0.2, 0) is 18.3 Å². The Morgan fingerprint density at radius 1 is 1.53 bits per heavy atom. The van der Waals surface area contributed by atoms with E-state index in [2.05, 4.69) is 5.10 Å². The zero-order chi connectivity index (χ0) is 10.8. The smallest absolute Gasteiger partial charge is 0.303 e. The Hall–Kier alpha value is -1.84. The molecule has 0 saturated carbocycles. The number of hydrogen-bond donors (Lipinski definition) is 1. The summed E-state index contributed by atoms with van der Waals surface area (Å²) < 4.78 is 1.80. The highest BCUT2D eigenvalue weighted by molar-refractivity contribution is 5.79. The van der Waals surface area contributed by atoms with Crippen molar-refractivity contribution in [1.82, 2.24) is 9.78 Å². The fourth-order valence-corrected chi connectivity index (χ4v) is 1.62. The molecule has 78 valence electrons. The lowest BCUT2D eigenvalue weighted by atomic mass is 10.1. The van der Waals surface area contributed by atoms with Gasteiger partial charge in [0.2, 0.25) is 0 Å². The Labute approximate surface area is 87.1 Å². The van der Waals surface area contributed by atoms with E-state index in [-0.39, 0.29) is 6.42 Å². The van der Waals surface area contributed by atoms with Gasteiger partial charge in [0.1, 0.15) is 0 Å². The summed E-state index contributed by atoms with van der Waals surface area (Å²) in [5.41, 5.74) is 2.10. The number of fused-ring (bicyclic) bond motifs is 1. The zero-order valence-electron chi connectivity index (χ0n) is 8.47. The normalized spacial score (nSPS) is 10.7. The highest BCUT2D eigenvalue weighted by Gasteiger charge is 2.02. The molecule has 1 aromatic heterocycles. The maximum absolute atomic E-state index is 10.4. The van der Waals surface area contributed by atoms with Gasteiger partial charge < -0.3 is 5.11 Å². The van der Waals surface area contributed by atoms with Gasteiger partial charge in [0, 0.05) is 18.9 Å². The second kappa shape index (κ2) is 3.73. The number of hydrogen-bond acceptors (Lipinski definition) is 2. The Morgan fingerprint density at radius 3 is 3.07 bits per heavy atom. The molecule has 15 heavy (non-hydrogen) atoms. The predicted octanol–water partition coefficient (Wildman–Crippen LogP) is 1.59. The van der Waals surface area contributed by atoms with E-state index in [1.165, 1.54) is 0 Å². The quantitative estimate of drug-likeness (QED) is 0.826. The summed E-state index contributed by atoms with van der Waals surface area (Å²) in [4.78, 5) is 10.4. The third kappa shape index (κ3) is 1.98. The van der Waals surface area contributed by atoms with Crippen LogP contribution in [0.1, 0.15) is 12.0 Å². The minimum atomic E-state index is -0.763. The standard InChI is InChI=1S/C11H12N2O2/c1-13-10-4-2-8(3-5-11(14)15)6-9(10)7-12-13/h2,4,6-7H,3,5H2,1H3,(H,14,15). The topological polar surface area (TPSA) is 55.1 Å². The monoisotopic (exact) mass is 204 g/mol. The molecule has 0 aliphatic rings. The number of benzene rings is 1. The van der Waals surface area contributed by atoms with Crippen molar-refractivity contribution < 1.29 is 9.90 Å². The first-order valence-corrected chi connectivity index (χ1v) is 4.79. The lowest BCUT2D eigenvalue weighted by Gasteiger charge is -1.99. The molecule has 2 aromatic rings. The van der Waals surface area contributed by atoms with Crippen molar-refractivity contribution in [2.24, 2.45) is 7.05 Å². The van der Waals surface area contributed by atoms with Gasteiger partial charge in [0.15, 0.2) is 0 Å². The van der Waals surface area contributed by atoms with E-state index in [1.807, 2.05) is 25.2 Å². The Morgan fingerprint density at radius 2 is 2.33 bits per heavy atom. The van der Waals surface area contributed by atoms with Crippen LogP contribution in [0.25, 0.3) is 10.9 Å². The summed E-state index contributed by atoms with van der Waals surface area (Å²) in [6.45, 7) is 0. The van der Waals surface area contributed by atoms with Gasteiger partial charge in [-0.05, 0) is 24.1 Å². The van der Waals surface area contributed by atoms with Gasteiger partial charge >= 0.3 is 5.97 Å². The minimum absolute atomic E-state index is 0.172. The summed E-state index contributed by atoms with van der Waals surface area (Å²) in [7, 11) is 1.89. The molecule has 1 heterocycles. The van der Waals surface area contributed by atoms with E-state index in [0.29, 0.717) is 6.42 Å². The fraction of sp³-hybridized carbons (Fsp3) is 0.273. The van der Waals surface area contributed by atoms with Crippen molar-refractivity contribution in [1.29, 1.82) is 0 Å². The van der Waals surface area contributed by atoms with Crippen LogP contribution in [0.2, 0.25) is 0 Å². The average molecular weight is 204 g/mol. The molecule has 0 aliphatic heterocycles. The molecular weight excluding hydrogens is 192 g/mol. The molecule has 0 unspecified atom stereocenters. The molecule has 0 bridgehead atoms. The van der Waals surface area contributed by atoms with Gasteiger partial charge in [-0.15, -0.1) is 0 Å². The van der Waals surface area contributed by atoms with E-state index in [1.54, 1.807) is 10.9 Å². The number of nitrogens with zero attached hydrogens (tertiary/aromatic N) is 2. The molecule has 2 rings (SSSR count). The van der Waals surface area contributed by atoms with Crippen LogP contribution in [0.5, 0.6) is 0 Å². The summed E-state index contributed by atoms with van der Waals surface area (Å²) in [5, 5.41) is 13.8. The lowest BCUT2D eigenvalue weighted by molar-refractivity contribution is -0.136. The molecule has 0 radical (unpaired) electrons. The highest BCUT2D eigenvalue weighted by atomic mass is 16.4. The molecule has 4 nitrogen and oxygen atoms in total. The van der Waals surface area contributed by atoms with Crippen molar-refractivity contribution in [3.05, 3.63) is 30.0 Å². The molecule has 0 spiro atoms. The minimum Gasteiger partial charge on any atom is -0.481 e. The van der Waals surface area contributed by atoms with Crippen LogP contribution < -0.4 is 0 Å². The van der Waals surface area contributed by atoms with Gasteiger partial charge in [-0.25, -0.2) is 0 Å². The fourth-order valence-electron chi connectivity index (χ4n) is 1.62. The molecule has 0 atom stereocenters. The largest absolute Gasteiger partial charge is 0.481 e. The van der Waals surface area contributed by atoms with Crippen molar-refractivity contribution >= 4 is 16.9 Å². The molecule has 0 fully saturated rings. The number of rotatable bonds is 3. The second-order valence-electron chi connectivity index (χ2n) is 3.56. The molecular formula is C11H12N2O2. The zero-order valence-corrected chi connectivity index (χ0v) is 8.47. The molecule has 0 saturated heterocycles. The summed E-state index contributed by atoms with van der Waals surface area (Å²) in [6, 6.07) is 5.91. The predicted molar refractivity (Wildman–Crippen MR) is 56.7 cm³/mol. The van der Waals surface area contributed by atoms with Crippen LogP contribution in [0.4, 0.5) is 0 Å². The molecule has 0 aliphatic carbocycles. The lowest BCUT2D eigenvalue weighted by Crippen LogP contribution is -1.97. The molecule has 1 aromatic carbocycles. The van der Waals surface area contributed by atoms with E-state index >= 15 is 0 Å².